The van der Waals surface area contributed by atoms with Gasteiger partial charge in [-0.3, -0.25) is 5.43 Å². The number of hydrogen-bond donors (Lipinski definition) is 2. The van der Waals surface area contributed by atoms with Crippen LogP contribution in [0, 0.1) is 0 Å². The van der Waals surface area contributed by atoms with Gasteiger partial charge in [-0.15, -0.1) is 5.10 Å². The molecule has 5 nitrogen and oxygen atoms in total. The summed E-state index contributed by atoms with van der Waals surface area (Å²) in [5, 5.41) is 26.3. The number of phenolic OH excluding ortho intramolecular Hbond substituents is 1. The number of nitrogens with zero attached hydrogens (tertiary/aromatic N) is 3. The van der Waals surface area contributed by atoms with Gasteiger partial charge in [0.1, 0.15) is 5.75 Å². The van der Waals surface area contributed by atoms with Gasteiger partial charge in [-0.25, -0.2) is 0 Å². The quantitative estimate of drug-likeness (QED) is 0.444. The van der Waals surface area contributed by atoms with Crippen LogP contribution in [0.15, 0.2) is 72.0 Å². The number of hydrogen-bond acceptors (Lipinski definition) is 5. The average Bonchev–Trinajstić information content (AvgIpc) is 2.64. The molecular formula is C19H14N4O. The Kier molecular flexibility index (Phi) is 3.51. The van der Waals surface area contributed by atoms with E-state index in [4.69, 9.17) is 0 Å². The molecule has 1 aromatic heterocycles. The minimum Gasteiger partial charge on any atom is -0.507 e. The highest BCUT2D eigenvalue weighted by Crippen LogP contribution is 2.25. The lowest BCUT2D eigenvalue weighted by Crippen LogP contribution is -1.97. The van der Waals surface area contributed by atoms with E-state index in [2.05, 4.69) is 20.7 Å². The maximum Gasteiger partial charge on any atom is 0.176 e. The number of fused-ring (bicyclic) bond motifs is 2. The van der Waals surface area contributed by atoms with Crippen molar-refractivity contribution in [3.05, 3.63) is 72.4 Å². The van der Waals surface area contributed by atoms with Crippen LogP contribution in [-0.2, 0) is 0 Å². The molecule has 1 heterocycles. The summed E-state index contributed by atoms with van der Waals surface area (Å²) in [6.07, 6.45) is 3.31. The van der Waals surface area contributed by atoms with E-state index in [1.165, 1.54) is 0 Å². The Hall–Kier alpha value is -3.47. The van der Waals surface area contributed by atoms with Crippen molar-refractivity contribution < 1.29 is 5.11 Å². The summed E-state index contributed by atoms with van der Waals surface area (Å²) in [5.41, 5.74) is 3.57. The first-order valence-electron chi connectivity index (χ1n) is 7.53. The molecule has 24 heavy (non-hydrogen) atoms. The highest BCUT2D eigenvalue weighted by Gasteiger charge is 2.05. The van der Waals surface area contributed by atoms with Crippen molar-refractivity contribution in [3.63, 3.8) is 0 Å². The number of rotatable bonds is 3. The van der Waals surface area contributed by atoms with Crippen molar-refractivity contribution in [1.82, 2.24) is 10.2 Å². The summed E-state index contributed by atoms with van der Waals surface area (Å²) >= 11 is 0. The lowest BCUT2D eigenvalue weighted by atomic mass is 10.0. The van der Waals surface area contributed by atoms with E-state index in [-0.39, 0.29) is 5.75 Å². The van der Waals surface area contributed by atoms with Gasteiger partial charge >= 0.3 is 0 Å². The second kappa shape index (κ2) is 5.96. The normalized spacial score (nSPS) is 11.3. The first kappa shape index (κ1) is 14.1. The van der Waals surface area contributed by atoms with Crippen molar-refractivity contribution in [1.29, 1.82) is 0 Å². The summed E-state index contributed by atoms with van der Waals surface area (Å²) < 4.78 is 0. The number of hydrazone groups is 1. The number of benzene rings is 3. The first-order valence-corrected chi connectivity index (χ1v) is 7.53. The molecule has 0 spiro atoms. The van der Waals surface area contributed by atoms with Crippen molar-refractivity contribution >= 4 is 33.6 Å². The largest absolute Gasteiger partial charge is 0.507 e. The molecule has 0 saturated heterocycles. The minimum absolute atomic E-state index is 0.184. The topological polar surface area (TPSA) is 70.4 Å². The van der Waals surface area contributed by atoms with E-state index in [0.29, 0.717) is 11.4 Å². The zero-order valence-corrected chi connectivity index (χ0v) is 12.7. The van der Waals surface area contributed by atoms with E-state index < -0.39 is 0 Å². The molecule has 0 aliphatic rings. The highest BCUT2D eigenvalue weighted by molar-refractivity contribution is 6.02. The van der Waals surface area contributed by atoms with Crippen LogP contribution in [0.25, 0.3) is 21.5 Å². The van der Waals surface area contributed by atoms with Gasteiger partial charge in [0.05, 0.1) is 12.4 Å². The Morgan fingerprint density at radius 2 is 1.62 bits per heavy atom. The molecule has 0 amide bonds. The Balaban J connectivity index is 1.70. The van der Waals surface area contributed by atoms with Gasteiger partial charge in [-0.05, 0) is 16.8 Å². The summed E-state index contributed by atoms with van der Waals surface area (Å²) in [7, 11) is 0. The zero-order valence-electron chi connectivity index (χ0n) is 12.7. The maximum atomic E-state index is 10.1. The van der Waals surface area contributed by atoms with E-state index in [9.17, 15) is 5.11 Å². The van der Waals surface area contributed by atoms with Gasteiger partial charge in [0.25, 0.3) is 0 Å². The van der Waals surface area contributed by atoms with Gasteiger partial charge in [0, 0.05) is 16.3 Å². The fraction of sp³-hybridized carbons (Fsp3) is 0. The van der Waals surface area contributed by atoms with Gasteiger partial charge in [0.2, 0.25) is 0 Å². The van der Waals surface area contributed by atoms with E-state index in [0.717, 1.165) is 21.5 Å². The number of nitrogens with one attached hydrogen (secondary N) is 1. The summed E-state index contributed by atoms with van der Waals surface area (Å²) in [6.45, 7) is 0. The fourth-order valence-electron chi connectivity index (χ4n) is 2.69. The number of phenols is 1. The van der Waals surface area contributed by atoms with Crippen LogP contribution in [0.4, 0.5) is 5.82 Å². The van der Waals surface area contributed by atoms with Crippen LogP contribution in [0.5, 0.6) is 5.75 Å². The first-order chi connectivity index (χ1) is 11.8. The van der Waals surface area contributed by atoms with Crippen LogP contribution in [0.3, 0.4) is 0 Å². The molecule has 0 aliphatic carbocycles. The monoisotopic (exact) mass is 314 g/mol. The predicted molar refractivity (Wildman–Crippen MR) is 96.4 cm³/mol. The Labute approximate surface area is 138 Å². The van der Waals surface area contributed by atoms with Gasteiger partial charge in [0.15, 0.2) is 5.82 Å². The van der Waals surface area contributed by atoms with E-state index >= 15 is 0 Å². The van der Waals surface area contributed by atoms with Crippen molar-refractivity contribution in [2.45, 2.75) is 0 Å². The molecule has 0 unspecified atom stereocenters. The molecule has 0 saturated carbocycles. The van der Waals surface area contributed by atoms with Crippen LogP contribution in [0.2, 0.25) is 0 Å². The molecule has 5 heteroatoms. The van der Waals surface area contributed by atoms with E-state index in [1.54, 1.807) is 18.5 Å². The molecule has 0 fully saturated rings. The van der Waals surface area contributed by atoms with Crippen LogP contribution in [0.1, 0.15) is 5.56 Å². The number of aromatic hydroxyl groups is 1. The Bertz CT molecular complexity index is 1050. The lowest BCUT2D eigenvalue weighted by Gasteiger charge is -2.05. The number of anilines is 1. The van der Waals surface area contributed by atoms with Crippen LogP contribution >= 0.6 is 0 Å². The van der Waals surface area contributed by atoms with E-state index in [1.807, 2.05) is 54.6 Å². The van der Waals surface area contributed by atoms with Gasteiger partial charge in [-0.2, -0.15) is 10.2 Å². The third-order valence-electron chi connectivity index (χ3n) is 3.88. The van der Waals surface area contributed by atoms with Crippen molar-refractivity contribution in [2.75, 3.05) is 5.43 Å². The summed E-state index contributed by atoms with van der Waals surface area (Å²) in [6, 6.07) is 19.2. The molecule has 3 aromatic carbocycles. The van der Waals surface area contributed by atoms with Gasteiger partial charge < -0.3 is 5.11 Å². The molecule has 0 bridgehead atoms. The average molecular weight is 314 g/mol. The lowest BCUT2D eigenvalue weighted by molar-refractivity contribution is 0.475. The minimum atomic E-state index is 0.184. The number of aromatic nitrogens is 2. The summed E-state index contributed by atoms with van der Waals surface area (Å²) in [4.78, 5) is 0. The maximum absolute atomic E-state index is 10.1. The Morgan fingerprint density at radius 3 is 2.50 bits per heavy atom. The Morgan fingerprint density at radius 1 is 0.875 bits per heavy atom. The molecule has 4 aromatic rings. The van der Waals surface area contributed by atoms with Crippen molar-refractivity contribution in [3.8, 4) is 5.75 Å². The van der Waals surface area contributed by atoms with Crippen molar-refractivity contribution in [2.24, 2.45) is 5.10 Å². The molecular weight excluding hydrogens is 300 g/mol. The van der Waals surface area contributed by atoms with Crippen LogP contribution < -0.4 is 5.43 Å². The van der Waals surface area contributed by atoms with Gasteiger partial charge in [-0.1, -0.05) is 54.6 Å². The molecule has 0 atom stereocenters. The molecule has 0 aliphatic heterocycles. The fourth-order valence-corrected chi connectivity index (χ4v) is 2.69. The third-order valence-corrected chi connectivity index (χ3v) is 3.88. The summed E-state index contributed by atoms with van der Waals surface area (Å²) in [5.74, 6) is 0.757. The smallest absolute Gasteiger partial charge is 0.176 e. The molecule has 2 N–H and O–H groups in total. The standard InChI is InChI=1S/C19H14N4O/c24-18-10-9-13-5-1-3-7-15(13)17(18)12-21-23-19-16-8-4-2-6-14(16)11-20-22-19/h1-12,24H,(H,22,23). The zero-order chi connectivity index (χ0) is 16.4. The molecule has 0 radical (unpaired) electrons. The SMILES string of the molecule is Oc1ccc2ccccc2c1C=NNc1nncc2ccccc12. The predicted octanol–water partition coefficient (Wildman–Crippen LogP) is 3.93. The van der Waals surface area contributed by atoms with Crippen LogP contribution in [-0.4, -0.2) is 21.5 Å². The second-order valence-corrected chi connectivity index (χ2v) is 5.37. The molecule has 4 rings (SSSR count). The molecule has 116 valence electrons. The third kappa shape index (κ3) is 2.52. The highest BCUT2D eigenvalue weighted by atomic mass is 16.3. The second-order valence-electron chi connectivity index (χ2n) is 5.37.